The van der Waals surface area contributed by atoms with Crippen molar-refractivity contribution < 1.29 is 9.59 Å². The number of benzene rings is 2. The van der Waals surface area contributed by atoms with Gasteiger partial charge in [0, 0.05) is 28.4 Å². The average Bonchev–Trinajstić information content (AvgIpc) is 2.80. The van der Waals surface area contributed by atoms with Crippen LogP contribution in [0.25, 0.3) is 0 Å². The molecule has 176 valence electrons. The molecule has 0 saturated carbocycles. The summed E-state index contributed by atoms with van der Waals surface area (Å²) in [6, 6.07) is 15.7. The van der Waals surface area contributed by atoms with Gasteiger partial charge in [-0.3, -0.25) is 4.79 Å². The van der Waals surface area contributed by atoms with E-state index in [0.29, 0.717) is 29.3 Å². The molecule has 3 rings (SSSR count). The number of allylic oxidation sites excluding steroid dienone is 1. The zero-order chi connectivity index (χ0) is 24.0. The zero-order valence-electron chi connectivity index (χ0n) is 19.5. The molecule has 1 fully saturated rings. The highest BCUT2D eigenvalue weighted by Gasteiger charge is 2.50. The Balaban J connectivity index is 2.18. The number of amides is 1. The number of likely N-dealkylation sites (tertiary alicyclic amines) is 1. The second kappa shape index (κ2) is 11.4. The fourth-order valence-corrected chi connectivity index (χ4v) is 5.59. The number of rotatable bonds is 10. The van der Waals surface area contributed by atoms with Crippen LogP contribution in [0, 0.1) is 5.41 Å². The average molecular weight is 486 g/mol. The summed E-state index contributed by atoms with van der Waals surface area (Å²) in [5.41, 5.74) is 1.63. The monoisotopic (exact) mass is 485 g/mol. The summed E-state index contributed by atoms with van der Waals surface area (Å²) in [7, 11) is 0. The fourth-order valence-electron chi connectivity index (χ4n) is 5.27. The Bertz CT molecular complexity index is 974. The smallest absolute Gasteiger partial charge is 0.229 e. The standard InChI is InChI=1S/C28H33Cl2NO2/c1-4-16-28(3)19-25(21-9-8-10-23(30)18-21)26(20-12-14-22(29)15-13-20)31(27(28)33)24(5-2)11-6-7-17-32/h4,8-10,12-15,17-18,24-26H,1,5-7,11,16,19H2,2-3H3/t24?,25?,26?,28-/m0/s1. The number of carbonyl (C=O) groups excluding carboxylic acids is 2. The van der Waals surface area contributed by atoms with Crippen molar-refractivity contribution in [3.05, 3.63) is 82.4 Å². The van der Waals surface area contributed by atoms with Crippen LogP contribution in [0.3, 0.4) is 0 Å². The maximum atomic E-state index is 14.1. The maximum absolute atomic E-state index is 14.1. The number of carbonyl (C=O) groups is 2. The van der Waals surface area contributed by atoms with Crippen molar-refractivity contribution in [3.63, 3.8) is 0 Å². The first kappa shape index (κ1) is 25.5. The van der Waals surface area contributed by atoms with Gasteiger partial charge in [0.1, 0.15) is 6.29 Å². The van der Waals surface area contributed by atoms with Crippen molar-refractivity contribution >= 4 is 35.4 Å². The first-order valence-electron chi connectivity index (χ1n) is 11.7. The SMILES string of the molecule is C=CC[C@@]1(C)CC(c2cccc(Cl)c2)C(c2ccc(Cl)cc2)N(C(CC)CCCC=O)C1=O. The van der Waals surface area contributed by atoms with Crippen LogP contribution in [0.1, 0.15) is 75.5 Å². The van der Waals surface area contributed by atoms with Gasteiger partial charge in [-0.05, 0) is 67.5 Å². The molecule has 0 aliphatic carbocycles. The van der Waals surface area contributed by atoms with E-state index in [4.69, 9.17) is 23.2 Å². The number of hydrogen-bond donors (Lipinski definition) is 0. The summed E-state index contributed by atoms with van der Waals surface area (Å²) in [4.78, 5) is 27.2. The van der Waals surface area contributed by atoms with Crippen molar-refractivity contribution in [2.75, 3.05) is 0 Å². The Morgan fingerprint density at radius 1 is 1.15 bits per heavy atom. The van der Waals surface area contributed by atoms with Crippen molar-refractivity contribution in [1.82, 2.24) is 4.90 Å². The third kappa shape index (κ3) is 5.70. The van der Waals surface area contributed by atoms with E-state index in [9.17, 15) is 9.59 Å². The van der Waals surface area contributed by atoms with Crippen LogP contribution in [0.15, 0.2) is 61.2 Å². The molecule has 0 bridgehead atoms. The van der Waals surface area contributed by atoms with Gasteiger partial charge in [-0.15, -0.1) is 6.58 Å². The summed E-state index contributed by atoms with van der Waals surface area (Å²) in [5, 5.41) is 1.36. The van der Waals surface area contributed by atoms with E-state index in [-0.39, 0.29) is 23.9 Å². The highest BCUT2D eigenvalue weighted by Crippen LogP contribution is 2.52. The van der Waals surface area contributed by atoms with E-state index in [2.05, 4.69) is 31.4 Å². The Morgan fingerprint density at radius 3 is 2.48 bits per heavy atom. The van der Waals surface area contributed by atoms with Crippen LogP contribution in [0.5, 0.6) is 0 Å². The maximum Gasteiger partial charge on any atom is 0.229 e. The molecule has 3 nitrogen and oxygen atoms in total. The van der Waals surface area contributed by atoms with Gasteiger partial charge in [0.25, 0.3) is 0 Å². The van der Waals surface area contributed by atoms with E-state index in [1.54, 1.807) is 0 Å². The molecule has 0 radical (unpaired) electrons. The van der Waals surface area contributed by atoms with Gasteiger partial charge in [-0.25, -0.2) is 0 Å². The summed E-state index contributed by atoms with van der Waals surface area (Å²) < 4.78 is 0. The number of unbranched alkanes of at least 4 members (excludes halogenated alkanes) is 1. The minimum Gasteiger partial charge on any atom is -0.332 e. The topological polar surface area (TPSA) is 37.4 Å². The second-order valence-corrected chi connectivity index (χ2v) is 10.2. The third-order valence-corrected chi connectivity index (χ3v) is 7.40. The van der Waals surface area contributed by atoms with Crippen LogP contribution in [-0.2, 0) is 9.59 Å². The van der Waals surface area contributed by atoms with Gasteiger partial charge in [-0.2, -0.15) is 0 Å². The van der Waals surface area contributed by atoms with Crippen molar-refractivity contribution in [1.29, 1.82) is 0 Å². The quantitative estimate of drug-likeness (QED) is 0.195. The molecule has 0 spiro atoms. The summed E-state index contributed by atoms with van der Waals surface area (Å²) in [5.74, 6) is 0.214. The molecule has 4 atom stereocenters. The lowest BCUT2D eigenvalue weighted by Crippen LogP contribution is -2.55. The number of nitrogens with zero attached hydrogens (tertiary/aromatic N) is 1. The number of piperidine rings is 1. The molecule has 1 heterocycles. The van der Waals surface area contributed by atoms with Gasteiger partial charge in [0.15, 0.2) is 0 Å². The largest absolute Gasteiger partial charge is 0.332 e. The minimum absolute atomic E-state index is 0.0317. The van der Waals surface area contributed by atoms with Crippen LogP contribution in [0.4, 0.5) is 0 Å². The van der Waals surface area contributed by atoms with Gasteiger partial charge in [0.2, 0.25) is 5.91 Å². The van der Waals surface area contributed by atoms with Gasteiger partial charge >= 0.3 is 0 Å². The molecule has 0 N–H and O–H groups in total. The van der Waals surface area contributed by atoms with E-state index < -0.39 is 5.41 Å². The summed E-state index contributed by atoms with van der Waals surface area (Å²) >= 11 is 12.6. The summed E-state index contributed by atoms with van der Waals surface area (Å²) in [6.45, 7) is 8.11. The molecule has 1 saturated heterocycles. The minimum atomic E-state index is -0.560. The molecule has 5 heteroatoms. The molecule has 2 aromatic rings. The van der Waals surface area contributed by atoms with Crippen molar-refractivity contribution in [2.24, 2.45) is 5.41 Å². The lowest BCUT2D eigenvalue weighted by atomic mass is 9.67. The number of hydrogen-bond acceptors (Lipinski definition) is 2. The fraction of sp³-hybridized carbons (Fsp3) is 0.429. The second-order valence-electron chi connectivity index (χ2n) is 9.29. The van der Waals surface area contributed by atoms with Crippen LogP contribution in [0.2, 0.25) is 10.0 Å². The lowest BCUT2D eigenvalue weighted by molar-refractivity contribution is -0.154. The third-order valence-electron chi connectivity index (χ3n) is 6.91. The highest BCUT2D eigenvalue weighted by molar-refractivity contribution is 6.30. The van der Waals surface area contributed by atoms with E-state index in [1.165, 1.54) is 0 Å². The first-order valence-corrected chi connectivity index (χ1v) is 12.5. The lowest BCUT2D eigenvalue weighted by Gasteiger charge is -2.52. The Labute approximate surface area is 207 Å². The van der Waals surface area contributed by atoms with Gasteiger partial charge in [-0.1, -0.05) is 67.4 Å². The van der Waals surface area contributed by atoms with Crippen LogP contribution >= 0.6 is 23.2 Å². The van der Waals surface area contributed by atoms with Gasteiger partial charge in [0.05, 0.1) is 11.5 Å². The van der Waals surface area contributed by atoms with Crippen molar-refractivity contribution in [3.8, 4) is 0 Å². The molecule has 0 aromatic heterocycles. The molecule has 1 amide bonds. The normalized spacial score (nSPS) is 23.9. The Hall–Kier alpha value is -2.10. The Kier molecular flexibility index (Phi) is 8.78. The zero-order valence-corrected chi connectivity index (χ0v) is 21.0. The number of aldehydes is 1. The molecular formula is C28H33Cl2NO2. The van der Waals surface area contributed by atoms with E-state index in [1.807, 2.05) is 48.5 Å². The van der Waals surface area contributed by atoms with E-state index in [0.717, 1.165) is 36.7 Å². The van der Waals surface area contributed by atoms with Gasteiger partial charge < -0.3 is 9.69 Å². The number of halogens is 2. The predicted molar refractivity (Wildman–Crippen MR) is 137 cm³/mol. The predicted octanol–water partition coefficient (Wildman–Crippen LogP) is 7.78. The molecular weight excluding hydrogens is 453 g/mol. The first-order chi connectivity index (χ1) is 15.8. The molecule has 3 unspecified atom stereocenters. The van der Waals surface area contributed by atoms with Crippen LogP contribution in [-0.4, -0.2) is 23.1 Å². The van der Waals surface area contributed by atoms with Crippen molar-refractivity contribution in [2.45, 2.75) is 70.4 Å². The highest BCUT2D eigenvalue weighted by atomic mass is 35.5. The Morgan fingerprint density at radius 2 is 1.88 bits per heavy atom. The molecule has 2 aromatic carbocycles. The molecule has 1 aliphatic heterocycles. The van der Waals surface area contributed by atoms with E-state index >= 15 is 0 Å². The van der Waals surface area contributed by atoms with Crippen LogP contribution < -0.4 is 0 Å². The molecule has 33 heavy (non-hydrogen) atoms. The molecule has 1 aliphatic rings. The summed E-state index contributed by atoms with van der Waals surface area (Å²) in [6.07, 6.45) is 6.99.